The lowest BCUT2D eigenvalue weighted by molar-refractivity contribution is -0.140. The second-order valence-electron chi connectivity index (χ2n) is 5.98. The standard InChI is InChI=1S/C19H27N3O3/c1-24-19(23)12-8-3-2-4-9-13-25-18(14-22-16-20-15-21-22)17-10-6-5-7-11-17/h5-7,10-11,15-16,18H,2-4,8-9,12-14H2,1H3. The first kappa shape index (κ1) is 19.1. The number of ether oxygens (including phenoxy) is 2. The molecule has 25 heavy (non-hydrogen) atoms. The van der Waals surface area contributed by atoms with Crippen molar-refractivity contribution < 1.29 is 14.3 Å². The van der Waals surface area contributed by atoms with Gasteiger partial charge in [0, 0.05) is 13.0 Å². The number of carbonyl (C=O) groups excluding carboxylic acids is 1. The number of aromatic nitrogens is 3. The Hall–Kier alpha value is -2.21. The Kier molecular flexibility index (Phi) is 8.69. The lowest BCUT2D eigenvalue weighted by Gasteiger charge is -2.18. The number of benzene rings is 1. The minimum Gasteiger partial charge on any atom is -0.469 e. The highest BCUT2D eigenvalue weighted by molar-refractivity contribution is 5.68. The van der Waals surface area contributed by atoms with Crippen molar-refractivity contribution in [2.75, 3.05) is 13.7 Å². The molecule has 6 heteroatoms. The third-order valence-electron chi connectivity index (χ3n) is 4.06. The van der Waals surface area contributed by atoms with E-state index in [1.54, 1.807) is 11.0 Å². The Labute approximate surface area is 149 Å². The molecule has 1 heterocycles. The number of esters is 1. The highest BCUT2D eigenvalue weighted by Crippen LogP contribution is 2.19. The number of methoxy groups -OCH3 is 1. The van der Waals surface area contributed by atoms with E-state index in [1.165, 1.54) is 13.4 Å². The van der Waals surface area contributed by atoms with Gasteiger partial charge in [0.15, 0.2) is 0 Å². The van der Waals surface area contributed by atoms with Gasteiger partial charge in [-0.1, -0.05) is 49.6 Å². The first-order valence-corrected chi connectivity index (χ1v) is 8.85. The minimum atomic E-state index is -0.123. The fourth-order valence-corrected chi connectivity index (χ4v) is 2.65. The largest absolute Gasteiger partial charge is 0.469 e. The van der Waals surface area contributed by atoms with Gasteiger partial charge >= 0.3 is 5.97 Å². The van der Waals surface area contributed by atoms with Crippen molar-refractivity contribution in [3.05, 3.63) is 48.5 Å². The summed E-state index contributed by atoms with van der Waals surface area (Å²) in [6.07, 6.45) is 8.91. The summed E-state index contributed by atoms with van der Waals surface area (Å²) in [6.45, 7) is 1.37. The average molecular weight is 345 g/mol. The number of hydrogen-bond donors (Lipinski definition) is 0. The van der Waals surface area contributed by atoms with Crippen LogP contribution < -0.4 is 0 Å². The molecule has 0 aliphatic carbocycles. The molecule has 0 aliphatic rings. The van der Waals surface area contributed by atoms with E-state index in [-0.39, 0.29) is 12.1 Å². The van der Waals surface area contributed by atoms with E-state index in [1.807, 2.05) is 18.2 Å². The van der Waals surface area contributed by atoms with Crippen LogP contribution in [0.2, 0.25) is 0 Å². The van der Waals surface area contributed by atoms with E-state index in [2.05, 4.69) is 27.0 Å². The normalized spacial score (nSPS) is 12.0. The summed E-state index contributed by atoms with van der Waals surface area (Å²) in [5.74, 6) is -0.123. The number of hydrogen-bond acceptors (Lipinski definition) is 5. The van der Waals surface area contributed by atoms with E-state index in [0.717, 1.165) is 37.7 Å². The van der Waals surface area contributed by atoms with E-state index >= 15 is 0 Å². The molecule has 0 saturated heterocycles. The van der Waals surface area contributed by atoms with E-state index < -0.39 is 0 Å². The summed E-state index contributed by atoms with van der Waals surface area (Å²) in [7, 11) is 1.43. The Morgan fingerprint density at radius 1 is 1.12 bits per heavy atom. The number of carbonyl (C=O) groups is 1. The molecular formula is C19H27N3O3. The molecule has 2 rings (SSSR count). The van der Waals surface area contributed by atoms with E-state index in [9.17, 15) is 4.79 Å². The second-order valence-corrected chi connectivity index (χ2v) is 5.98. The van der Waals surface area contributed by atoms with Crippen molar-refractivity contribution in [3.8, 4) is 0 Å². The molecule has 0 amide bonds. The molecule has 0 spiro atoms. The molecule has 0 saturated carbocycles. The molecule has 0 aliphatic heterocycles. The predicted octanol–water partition coefficient (Wildman–Crippen LogP) is 3.55. The molecule has 6 nitrogen and oxygen atoms in total. The Morgan fingerprint density at radius 3 is 2.60 bits per heavy atom. The zero-order chi connectivity index (χ0) is 17.7. The predicted molar refractivity (Wildman–Crippen MR) is 94.9 cm³/mol. The molecular weight excluding hydrogens is 318 g/mol. The highest BCUT2D eigenvalue weighted by atomic mass is 16.5. The maximum Gasteiger partial charge on any atom is 0.305 e. The van der Waals surface area contributed by atoms with Gasteiger partial charge < -0.3 is 9.47 Å². The summed E-state index contributed by atoms with van der Waals surface area (Å²) >= 11 is 0. The van der Waals surface area contributed by atoms with Crippen molar-refractivity contribution in [1.82, 2.24) is 14.8 Å². The molecule has 0 radical (unpaired) electrons. The summed E-state index contributed by atoms with van der Waals surface area (Å²) < 4.78 is 12.5. The molecule has 1 unspecified atom stereocenters. The van der Waals surface area contributed by atoms with Crippen LogP contribution in [-0.4, -0.2) is 34.5 Å². The number of rotatable bonds is 12. The SMILES string of the molecule is COC(=O)CCCCCCCOC(Cn1cncn1)c1ccccc1. The third-order valence-corrected chi connectivity index (χ3v) is 4.06. The van der Waals surface area contributed by atoms with Crippen molar-refractivity contribution in [2.45, 2.75) is 51.2 Å². The zero-order valence-electron chi connectivity index (χ0n) is 14.8. The lowest BCUT2D eigenvalue weighted by atomic mass is 10.1. The van der Waals surface area contributed by atoms with Gasteiger partial charge in [0.05, 0.1) is 13.7 Å². The molecule has 136 valence electrons. The fourth-order valence-electron chi connectivity index (χ4n) is 2.65. The van der Waals surface area contributed by atoms with Crippen LogP contribution in [0.3, 0.4) is 0 Å². The van der Waals surface area contributed by atoms with E-state index in [4.69, 9.17) is 4.74 Å². The third kappa shape index (κ3) is 7.47. The van der Waals surface area contributed by atoms with Gasteiger partial charge in [0.25, 0.3) is 0 Å². The van der Waals surface area contributed by atoms with Gasteiger partial charge in [-0.2, -0.15) is 5.10 Å². The van der Waals surface area contributed by atoms with Gasteiger partial charge in [0.1, 0.15) is 18.8 Å². The molecule has 2 aromatic rings. The highest BCUT2D eigenvalue weighted by Gasteiger charge is 2.13. The quantitative estimate of drug-likeness (QED) is 0.435. The summed E-state index contributed by atoms with van der Waals surface area (Å²) in [4.78, 5) is 15.0. The van der Waals surface area contributed by atoms with Gasteiger partial charge in [-0.3, -0.25) is 9.48 Å². The summed E-state index contributed by atoms with van der Waals surface area (Å²) in [5, 5.41) is 4.17. The van der Waals surface area contributed by atoms with Crippen molar-refractivity contribution in [3.63, 3.8) is 0 Å². The van der Waals surface area contributed by atoms with Gasteiger partial charge in [-0.15, -0.1) is 0 Å². The molecule has 1 aromatic carbocycles. The maximum absolute atomic E-state index is 11.0. The van der Waals surface area contributed by atoms with Crippen LogP contribution in [0.15, 0.2) is 43.0 Å². The average Bonchev–Trinajstić information content (AvgIpc) is 3.16. The smallest absolute Gasteiger partial charge is 0.305 e. The van der Waals surface area contributed by atoms with Crippen LogP contribution in [0.25, 0.3) is 0 Å². The zero-order valence-corrected chi connectivity index (χ0v) is 14.8. The second kappa shape index (κ2) is 11.4. The fraction of sp³-hybridized carbons (Fsp3) is 0.526. The van der Waals surface area contributed by atoms with Gasteiger partial charge in [-0.05, 0) is 18.4 Å². The lowest BCUT2D eigenvalue weighted by Crippen LogP contribution is -2.14. The Balaban J connectivity index is 1.67. The Morgan fingerprint density at radius 2 is 1.88 bits per heavy atom. The molecule has 1 aromatic heterocycles. The van der Waals surface area contributed by atoms with Crippen LogP contribution in [-0.2, 0) is 20.8 Å². The van der Waals surface area contributed by atoms with Crippen molar-refractivity contribution in [1.29, 1.82) is 0 Å². The van der Waals surface area contributed by atoms with Crippen molar-refractivity contribution in [2.24, 2.45) is 0 Å². The van der Waals surface area contributed by atoms with Crippen LogP contribution in [0.5, 0.6) is 0 Å². The molecule has 1 atom stereocenters. The minimum absolute atomic E-state index is 0.0257. The van der Waals surface area contributed by atoms with Crippen LogP contribution >= 0.6 is 0 Å². The summed E-state index contributed by atoms with van der Waals surface area (Å²) in [6, 6.07) is 10.2. The van der Waals surface area contributed by atoms with Crippen LogP contribution in [0, 0.1) is 0 Å². The Bertz CT molecular complexity index is 587. The topological polar surface area (TPSA) is 66.2 Å². The van der Waals surface area contributed by atoms with Crippen molar-refractivity contribution >= 4 is 5.97 Å². The van der Waals surface area contributed by atoms with Gasteiger partial charge in [-0.25, -0.2) is 4.98 Å². The van der Waals surface area contributed by atoms with Crippen LogP contribution in [0.4, 0.5) is 0 Å². The summed E-state index contributed by atoms with van der Waals surface area (Å²) in [5.41, 5.74) is 1.15. The van der Waals surface area contributed by atoms with Crippen LogP contribution in [0.1, 0.15) is 50.2 Å². The number of nitrogens with zero attached hydrogens (tertiary/aromatic N) is 3. The van der Waals surface area contributed by atoms with Gasteiger partial charge in [0.2, 0.25) is 0 Å². The first-order valence-electron chi connectivity index (χ1n) is 8.85. The molecule has 0 N–H and O–H groups in total. The molecule has 0 fully saturated rings. The first-order chi connectivity index (χ1) is 12.3. The monoisotopic (exact) mass is 345 g/mol. The van der Waals surface area contributed by atoms with E-state index in [0.29, 0.717) is 19.6 Å². The molecule has 0 bridgehead atoms. The number of unbranched alkanes of at least 4 members (excludes halogenated alkanes) is 4. The maximum atomic E-state index is 11.0.